The van der Waals surface area contributed by atoms with Crippen molar-refractivity contribution < 1.29 is 27.2 Å². The Morgan fingerprint density at radius 3 is 2.55 bits per heavy atom. The molecule has 170 valence electrons. The van der Waals surface area contributed by atoms with Gasteiger partial charge in [-0.05, 0) is 56.4 Å². The zero-order valence-corrected chi connectivity index (χ0v) is 19.6. The fourth-order valence-corrected chi connectivity index (χ4v) is 6.03. The van der Waals surface area contributed by atoms with Crippen LogP contribution in [0.1, 0.15) is 56.7 Å². The van der Waals surface area contributed by atoms with Gasteiger partial charge in [0.1, 0.15) is 5.58 Å². The van der Waals surface area contributed by atoms with E-state index in [4.69, 9.17) is 9.15 Å². The van der Waals surface area contributed by atoms with Crippen molar-refractivity contribution in [1.29, 1.82) is 0 Å². The van der Waals surface area contributed by atoms with Gasteiger partial charge in [-0.3, -0.25) is 9.59 Å². The highest BCUT2D eigenvalue weighted by molar-refractivity contribution is 7.91. The van der Waals surface area contributed by atoms with Crippen molar-refractivity contribution >= 4 is 32.7 Å². The third-order valence-corrected chi connectivity index (χ3v) is 7.68. The quantitative estimate of drug-likeness (QED) is 0.602. The summed E-state index contributed by atoms with van der Waals surface area (Å²) >= 11 is 0. The summed E-state index contributed by atoms with van der Waals surface area (Å²) < 4.78 is 34.6. The smallest absolute Gasteiger partial charge is 0.311 e. The molecule has 2 unspecified atom stereocenters. The maximum atomic E-state index is 12.8. The predicted octanol–water partition coefficient (Wildman–Crippen LogP) is 3.37. The number of hydrogen-bond donors (Lipinski definition) is 0. The van der Waals surface area contributed by atoms with Gasteiger partial charge in [-0.15, -0.1) is 0 Å². The minimum absolute atomic E-state index is 0.00481. The van der Waals surface area contributed by atoms with Crippen LogP contribution in [-0.4, -0.2) is 55.4 Å². The van der Waals surface area contributed by atoms with E-state index in [0.717, 1.165) is 16.5 Å². The largest absolute Gasteiger partial charge is 0.464 e. The summed E-state index contributed by atoms with van der Waals surface area (Å²) in [7, 11) is -3.11. The van der Waals surface area contributed by atoms with Crippen molar-refractivity contribution in [3.05, 3.63) is 35.1 Å². The van der Waals surface area contributed by atoms with Crippen molar-refractivity contribution in [2.75, 3.05) is 18.1 Å². The molecule has 2 aromatic rings. The number of ether oxygens (including phenoxy) is 1. The first-order valence-corrected chi connectivity index (χ1v) is 12.6. The third kappa shape index (κ3) is 5.11. The molecule has 1 aromatic heterocycles. The van der Waals surface area contributed by atoms with Crippen LogP contribution in [0.15, 0.2) is 22.8 Å². The number of sulfone groups is 1. The number of hydrogen-bond acceptors (Lipinski definition) is 6. The fourth-order valence-electron chi connectivity index (χ4n) is 4.30. The lowest BCUT2D eigenvalue weighted by molar-refractivity contribution is -0.159. The number of nitrogens with zero attached hydrogens (tertiary/aromatic N) is 1. The van der Waals surface area contributed by atoms with Crippen LogP contribution in [0.5, 0.6) is 0 Å². The van der Waals surface area contributed by atoms with Crippen LogP contribution < -0.4 is 0 Å². The molecule has 0 aliphatic carbocycles. The molecule has 8 heteroatoms. The van der Waals surface area contributed by atoms with E-state index in [9.17, 15) is 18.0 Å². The van der Waals surface area contributed by atoms with Gasteiger partial charge < -0.3 is 14.1 Å². The lowest BCUT2D eigenvalue weighted by Gasteiger charge is -2.29. The van der Waals surface area contributed by atoms with Gasteiger partial charge in [0.25, 0.3) is 5.91 Å². The van der Waals surface area contributed by atoms with E-state index in [-0.39, 0.29) is 29.9 Å². The Balaban J connectivity index is 1.69. The molecule has 1 fully saturated rings. The first-order chi connectivity index (χ1) is 14.5. The van der Waals surface area contributed by atoms with E-state index >= 15 is 0 Å². The molecule has 0 saturated carbocycles. The molecule has 2 atom stereocenters. The van der Waals surface area contributed by atoms with E-state index < -0.39 is 21.9 Å². The topological polar surface area (TPSA) is 93.9 Å². The van der Waals surface area contributed by atoms with Crippen molar-refractivity contribution in [2.24, 2.45) is 0 Å². The van der Waals surface area contributed by atoms with Crippen LogP contribution in [0.4, 0.5) is 0 Å². The zero-order chi connectivity index (χ0) is 22.9. The van der Waals surface area contributed by atoms with Crippen molar-refractivity contribution in [3.63, 3.8) is 0 Å². The van der Waals surface area contributed by atoms with Gasteiger partial charge in [-0.1, -0.05) is 13.8 Å². The highest BCUT2D eigenvalue weighted by atomic mass is 32.2. The summed E-state index contributed by atoms with van der Waals surface area (Å²) in [6, 6.07) is 3.66. The summed E-state index contributed by atoms with van der Waals surface area (Å²) in [6.45, 7) is 9.95. The van der Waals surface area contributed by atoms with Crippen molar-refractivity contribution in [3.8, 4) is 0 Å². The highest BCUT2D eigenvalue weighted by Gasteiger charge is 2.36. The molecule has 31 heavy (non-hydrogen) atoms. The molecule has 2 heterocycles. The molecule has 7 nitrogen and oxygen atoms in total. The van der Waals surface area contributed by atoms with Crippen molar-refractivity contribution in [1.82, 2.24) is 4.90 Å². The molecule has 0 N–H and O–H groups in total. The highest BCUT2D eigenvalue weighted by Crippen LogP contribution is 2.29. The monoisotopic (exact) mass is 449 g/mol. The number of rotatable bonds is 7. The van der Waals surface area contributed by atoms with E-state index in [0.29, 0.717) is 24.5 Å². The van der Waals surface area contributed by atoms with E-state index in [1.165, 1.54) is 17.4 Å². The first-order valence-electron chi connectivity index (χ1n) is 10.7. The Hall–Kier alpha value is -2.35. The van der Waals surface area contributed by atoms with Gasteiger partial charge in [0.2, 0.25) is 0 Å². The van der Waals surface area contributed by atoms with Gasteiger partial charge in [0, 0.05) is 23.5 Å². The van der Waals surface area contributed by atoms with Crippen LogP contribution in [-0.2, 0) is 30.6 Å². The lowest BCUT2D eigenvalue weighted by atomic mass is 9.95. The minimum atomic E-state index is -3.11. The maximum Gasteiger partial charge on any atom is 0.311 e. The van der Waals surface area contributed by atoms with E-state index in [1.54, 1.807) is 13.2 Å². The van der Waals surface area contributed by atoms with E-state index in [1.807, 2.05) is 13.0 Å². The molecule has 3 rings (SSSR count). The van der Waals surface area contributed by atoms with Gasteiger partial charge >= 0.3 is 5.97 Å². The lowest BCUT2D eigenvalue weighted by Crippen LogP contribution is -2.46. The number of carbonyl (C=O) groups excluding carboxylic acids is 2. The van der Waals surface area contributed by atoms with Crippen LogP contribution in [0.3, 0.4) is 0 Å². The number of amides is 1. The fraction of sp³-hybridized carbons (Fsp3) is 0.565. The van der Waals surface area contributed by atoms with Crippen LogP contribution in [0.25, 0.3) is 11.0 Å². The molecule has 0 spiro atoms. The number of benzene rings is 1. The predicted molar refractivity (Wildman–Crippen MR) is 119 cm³/mol. The Kier molecular flexibility index (Phi) is 6.79. The van der Waals surface area contributed by atoms with Crippen molar-refractivity contribution in [2.45, 2.75) is 65.5 Å². The number of fused-ring (bicyclic) bond motifs is 1. The molecule has 1 amide bonds. The molecule has 0 radical (unpaired) electrons. The number of furan rings is 1. The second-order valence-electron chi connectivity index (χ2n) is 8.61. The summed E-state index contributed by atoms with van der Waals surface area (Å²) in [5.41, 5.74) is 3.76. The first kappa shape index (κ1) is 23.3. The summed E-state index contributed by atoms with van der Waals surface area (Å²) in [5, 5.41) is 0.872. The number of likely N-dealkylation sites (N-methyl/N-ethyl adjacent to an activating group) is 1. The number of carbonyl (C=O) groups is 2. The Morgan fingerprint density at radius 1 is 1.26 bits per heavy atom. The normalized spacial score (nSPS) is 19.0. The van der Waals surface area contributed by atoms with Crippen LogP contribution in [0.2, 0.25) is 0 Å². The standard InChI is InChI=1S/C23H31NO6S/c1-6-24(18-7-8-31(27,28)13-18)23(26)16(5)30-22(25)10-17-12-29-21-9-15(4)19(14(2)3)11-20(17)21/h9,11-12,14,16,18H,6-8,10,13H2,1-5H3. The van der Waals surface area contributed by atoms with Gasteiger partial charge in [-0.25, -0.2) is 8.42 Å². The maximum absolute atomic E-state index is 12.8. The summed E-state index contributed by atoms with van der Waals surface area (Å²) in [4.78, 5) is 26.9. The van der Waals surface area contributed by atoms with Crippen LogP contribution in [0, 0.1) is 6.92 Å². The van der Waals surface area contributed by atoms with Gasteiger partial charge in [0.05, 0.1) is 24.2 Å². The second kappa shape index (κ2) is 9.02. The molecular formula is C23H31NO6S. The van der Waals surface area contributed by atoms with Crippen LogP contribution >= 0.6 is 0 Å². The summed E-state index contributed by atoms with van der Waals surface area (Å²) in [5.74, 6) is -0.499. The molecule has 1 aliphatic rings. The van der Waals surface area contributed by atoms with Gasteiger partial charge in [-0.2, -0.15) is 0 Å². The Bertz CT molecular complexity index is 1080. The third-order valence-electron chi connectivity index (χ3n) is 5.93. The summed E-state index contributed by atoms with van der Waals surface area (Å²) in [6.07, 6.45) is 0.988. The number of aryl methyl sites for hydroxylation is 1. The zero-order valence-electron chi connectivity index (χ0n) is 18.8. The molecule has 1 aromatic carbocycles. The second-order valence-corrected chi connectivity index (χ2v) is 10.8. The van der Waals surface area contributed by atoms with E-state index in [2.05, 4.69) is 19.9 Å². The Labute approximate surface area is 183 Å². The number of esters is 1. The average molecular weight is 450 g/mol. The molecular weight excluding hydrogens is 418 g/mol. The molecule has 1 aliphatic heterocycles. The minimum Gasteiger partial charge on any atom is -0.464 e. The average Bonchev–Trinajstić information content (AvgIpc) is 3.23. The molecule has 0 bridgehead atoms. The SMILES string of the molecule is CCN(C(=O)C(C)OC(=O)Cc1coc2cc(C)c(C(C)C)cc12)C1CCS(=O)(=O)C1. The van der Waals surface area contributed by atoms with Gasteiger partial charge in [0.15, 0.2) is 15.9 Å². The Morgan fingerprint density at radius 2 is 1.97 bits per heavy atom. The molecule has 1 saturated heterocycles.